The van der Waals surface area contributed by atoms with Gasteiger partial charge in [-0.2, -0.15) is 0 Å². The van der Waals surface area contributed by atoms with Crippen LogP contribution in [0.5, 0.6) is 11.5 Å². The molecule has 0 spiro atoms. The highest BCUT2D eigenvalue weighted by atomic mass is 31.2. The summed E-state index contributed by atoms with van der Waals surface area (Å²) >= 11 is 0. The summed E-state index contributed by atoms with van der Waals surface area (Å²) in [7, 11) is -5.01. The van der Waals surface area contributed by atoms with Crippen LogP contribution in [0.2, 0.25) is 0 Å². The number of nitrogens with one attached hydrogen (secondary N) is 2. The first kappa shape index (κ1) is 107. The maximum Gasteiger partial charge on any atom is 0.588 e. The van der Waals surface area contributed by atoms with Crippen molar-refractivity contribution in [3.8, 4) is 11.5 Å². The zero-order valence-electron chi connectivity index (χ0n) is 75.9. The van der Waals surface area contributed by atoms with E-state index < -0.39 is 93.0 Å². The molecule has 1 fully saturated rings. The molecule has 1 aliphatic heterocycles. The SMILES string of the molecule is CCCCCCCCCCC[C@H](CC(=O)N[C@@H](COCc1ccccc1)COC1O[C@H](CO)[C@@H](OP(=O)(Oc2ccccc2)Oc2ccccc2)[C@H](OC(=O)C[C@@H](CCCCCCCCCCC)C(=O)CCCCCCCCC)[C@H]1NC(=O)C[C@@H](CCCCCCCCCCC)OC(=O)CCCCCCCCC)OC(=O)CCCCCCCCC. The van der Waals surface area contributed by atoms with E-state index >= 15 is 14.2 Å². The van der Waals surface area contributed by atoms with Gasteiger partial charge >= 0.3 is 25.7 Å². The van der Waals surface area contributed by atoms with Crippen molar-refractivity contribution in [1.82, 2.24) is 10.6 Å². The van der Waals surface area contributed by atoms with Crippen LogP contribution in [0.3, 0.4) is 0 Å². The number of ether oxygens (including phenoxy) is 6. The molecule has 9 atom stereocenters. The van der Waals surface area contributed by atoms with E-state index in [2.05, 4.69) is 52.2 Å². The number of hydrogen-bond acceptors (Lipinski definition) is 17. The number of Topliss-reactive ketones (excluding diaryl/α,β-unsaturated/α-hetero) is 1. The van der Waals surface area contributed by atoms with E-state index in [-0.39, 0.29) is 81.6 Å². The van der Waals surface area contributed by atoms with Gasteiger partial charge in [-0.05, 0) is 81.2 Å². The van der Waals surface area contributed by atoms with Gasteiger partial charge in [0.2, 0.25) is 11.8 Å². The molecule has 0 aliphatic carbocycles. The van der Waals surface area contributed by atoms with Crippen LogP contribution < -0.4 is 19.7 Å². The molecule has 1 heterocycles. The van der Waals surface area contributed by atoms with E-state index in [9.17, 15) is 24.3 Å². The van der Waals surface area contributed by atoms with Crippen molar-refractivity contribution in [2.45, 2.75) is 463 Å². The molecule has 3 N–H and O–H groups in total. The van der Waals surface area contributed by atoms with Gasteiger partial charge in [-0.1, -0.05) is 384 Å². The molecule has 120 heavy (non-hydrogen) atoms. The van der Waals surface area contributed by atoms with E-state index in [0.29, 0.717) is 51.4 Å². The normalized spacial score (nSPS) is 16.4. The van der Waals surface area contributed by atoms with Crippen LogP contribution in [0.4, 0.5) is 0 Å². The third-order valence-electron chi connectivity index (χ3n) is 23.1. The van der Waals surface area contributed by atoms with E-state index in [1.807, 2.05) is 30.3 Å². The van der Waals surface area contributed by atoms with Crippen molar-refractivity contribution >= 4 is 43.3 Å². The lowest BCUT2D eigenvalue weighted by atomic mass is 9.90. The molecule has 20 heteroatoms. The molecule has 2 amide bonds. The third-order valence-corrected chi connectivity index (χ3v) is 24.4. The second-order valence-electron chi connectivity index (χ2n) is 34.2. The van der Waals surface area contributed by atoms with Crippen molar-refractivity contribution in [3.63, 3.8) is 0 Å². The second kappa shape index (κ2) is 71.6. The highest BCUT2D eigenvalue weighted by molar-refractivity contribution is 7.49. The van der Waals surface area contributed by atoms with Crippen molar-refractivity contribution in [3.05, 3.63) is 96.6 Å². The van der Waals surface area contributed by atoms with E-state index in [1.54, 1.807) is 60.7 Å². The summed E-state index contributed by atoms with van der Waals surface area (Å²) in [5.41, 5.74) is 0.872. The molecule has 4 rings (SSSR count). The molecule has 3 aromatic rings. The lowest BCUT2D eigenvalue weighted by Gasteiger charge is -2.45. The van der Waals surface area contributed by atoms with Crippen molar-refractivity contribution in [2.75, 3.05) is 19.8 Å². The number of aliphatic hydroxyl groups is 1. The Labute approximate surface area is 727 Å². The Morgan fingerprint density at radius 1 is 0.408 bits per heavy atom. The zero-order valence-corrected chi connectivity index (χ0v) is 76.8. The molecule has 19 nitrogen and oxygen atoms in total. The summed E-state index contributed by atoms with van der Waals surface area (Å²) in [4.78, 5) is 88.6. The van der Waals surface area contributed by atoms with Gasteiger partial charge in [0.1, 0.15) is 47.7 Å². The van der Waals surface area contributed by atoms with E-state index in [4.69, 9.17) is 42.0 Å². The Balaban J connectivity index is 1.90. The number of phosphoric acid groups is 1. The first-order chi connectivity index (χ1) is 58.7. The molecule has 0 bridgehead atoms. The summed E-state index contributed by atoms with van der Waals surface area (Å²) in [6.45, 7) is 12.0. The minimum atomic E-state index is -5.01. The van der Waals surface area contributed by atoms with Gasteiger partial charge < -0.3 is 53.2 Å². The molecule has 684 valence electrons. The Morgan fingerprint density at radius 3 is 1.18 bits per heavy atom. The summed E-state index contributed by atoms with van der Waals surface area (Å²) in [5.74, 6) is -3.24. The number of benzene rings is 3. The van der Waals surface area contributed by atoms with Gasteiger partial charge in [-0.3, -0.25) is 33.3 Å². The van der Waals surface area contributed by atoms with Crippen LogP contribution in [0.25, 0.3) is 0 Å². The van der Waals surface area contributed by atoms with Crippen LogP contribution in [-0.2, 0) is 72.9 Å². The number of ketones is 1. The van der Waals surface area contributed by atoms with Gasteiger partial charge in [-0.25, -0.2) is 4.57 Å². The first-order valence-electron chi connectivity index (χ1n) is 48.6. The minimum absolute atomic E-state index is 0.0465. The molecule has 0 aromatic heterocycles. The molecular weight excluding hydrogens is 1530 g/mol. The largest absolute Gasteiger partial charge is 0.588 e. The summed E-state index contributed by atoms with van der Waals surface area (Å²) in [5, 5.41) is 18.1. The predicted octanol–water partition coefficient (Wildman–Crippen LogP) is 25.8. The number of carbonyl (C=O) groups excluding carboxylic acids is 6. The van der Waals surface area contributed by atoms with Crippen LogP contribution in [0.1, 0.15) is 413 Å². The number of esters is 3. The fourth-order valence-corrected chi connectivity index (χ4v) is 17.3. The highest BCUT2D eigenvalue weighted by Crippen LogP contribution is 2.53. The molecule has 1 aliphatic rings. The average molecular weight is 1700 g/mol. The number of amides is 2. The van der Waals surface area contributed by atoms with Crippen LogP contribution >= 0.6 is 7.82 Å². The standard InChI is InChI=1S/C100H167N2O17P/c1-7-13-19-25-31-34-40-43-54-66-84(90(104)73-61-46-37-28-22-16-10-4)76-96(109)116-99-97(102-93(106)78-89(72-56-45-42-36-33-27-21-15-9-3)114-95(108)75-63-48-39-30-24-18-12-6)100(115-91(79-103)98(99)119-120(110,117-86-67-57-50-58-68-86)118-87-69-59-51-60-70-87)112-82-85(81-111-80-83-64-52-49-53-65-83)101-92(105)77-88(71-55-44-41-35-32-26-20-14-8-2)113-94(107)74-62-47-38-29-23-17-11-5/h49-53,57-60,64-65,67-70,84-85,88-89,91,97-100,103H,7-48,54-56,61-63,66,71-82H2,1-6H3,(H,101,105)(H,102,106)/t84-,85+,88-,89-,91-,97-,98-,99-,100?/m1/s1. The number of aliphatic hydroxyl groups excluding tert-OH is 1. The van der Waals surface area contributed by atoms with Crippen molar-refractivity contribution < 1.29 is 80.4 Å². The van der Waals surface area contributed by atoms with Gasteiger partial charge in [0.15, 0.2) is 12.4 Å². The minimum Gasteiger partial charge on any atom is -0.462 e. The monoisotopic (exact) mass is 1700 g/mol. The van der Waals surface area contributed by atoms with Gasteiger partial charge in [-0.15, -0.1) is 0 Å². The molecule has 0 saturated carbocycles. The Bertz CT molecular complexity index is 3010. The number of carbonyl (C=O) groups is 6. The molecular formula is C100H167N2O17P. The Morgan fingerprint density at radius 2 is 0.775 bits per heavy atom. The Hall–Kier alpha value is -5.69. The number of para-hydroxylation sites is 2. The number of hydrogen-bond donors (Lipinski definition) is 3. The molecule has 3 aromatic carbocycles. The van der Waals surface area contributed by atoms with E-state index in [0.717, 1.165) is 179 Å². The van der Waals surface area contributed by atoms with Gasteiger partial charge in [0, 0.05) is 25.2 Å². The number of phosphoric ester groups is 1. The fraction of sp³-hybridized carbons (Fsp3) is 0.760. The zero-order chi connectivity index (χ0) is 86.4. The fourth-order valence-electron chi connectivity index (χ4n) is 15.9. The quantitative estimate of drug-likeness (QED) is 0.0206. The van der Waals surface area contributed by atoms with Crippen molar-refractivity contribution in [2.24, 2.45) is 5.92 Å². The summed E-state index contributed by atoms with van der Waals surface area (Å²) < 4.78 is 74.7. The van der Waals surface area contributed by atoms with Gasteiger partial charge in [0.05, 0.1) is 51.7 Å². The maximum absolute atomic E-state index is 15.9. The van der Waals surface area contributed by atoms with Crippen LogP contribution in [-0.4, -0.2) is 109 Å². The lowest BCUT2D eigenvalue weighted by molar-refractivity contribution is -0.272. The van der Waals surface area contributed by atoms with Crippen LogP contribution in [0.15, 0.2) is 91.0 Å². The van der Waals surface area contributed by atoms with E-state index in [1.165, 1.54) is 103 Å². The maximum atomic E-state index is 15.9. The lowest BCUT2D eigenvalue weighted by Crippen LogP contribution is -2.66. The predicted molar refractivity (Wildman–Crippen MR) is 484 cm³/mol. The summed E-state index contributed by atoms with van der Waals surface area (Å²) in [6.07, 6.45) is 43.2. The molecule has 1 unspecified atom stereocenters. The number of unbranched alkanes of at least 4 members (excludes halogenated alkanes) is 42. The Kier molecular flexibility index (Phi) is 63.6. The molecule has 1 saturated heterocycles. The topological polar surface area (TPSA) is 247 Å². The van der Waals surface area contributed by atoms with Crippen LogP contribution in [0, 0.1) is 5.92 Å². The van der Waals surface area contributed by atoms with Gasteiger partial charge in [0.25, 0.3) is 0 Å². The number of rotatable bonds is 80. The highest BCUT2D eigenvalue weighted by Gasteiger charge is 2.54. The van der Waals surface area contributed by atoms with Crippen molar-refractivity contribution in [1.29, 1.82) is 0 Å². The summed E-state index contributed by atoms with van der Waals surface area (Å²) in [6, 6.07) is 23.6. The third kappa shape index (κ3) is 52.8. The first-order valence-corrected chi connectivity index (χ1v) is 50.1. The second-order valence-corrected chi connectivity index (χ2v) is 35.6. The smallest absolute Gasteiger partial charge is 0.462 e. The average Bonchev–Trinajstić information content (AvgIpc) is 0.771. The molecule has 0 radical (unpaired) electrons.